The van der Waals surface area contributed by atoms with Gasteiger partial charge in [-0.2, -0.15) is 15.3 Å². The number of halogens is 1. The van der Waals surface area contributed by atoms with Crippen molar-refractivity contribution in [3.05, 3.63) is 75.0 Å². The van der Waals surface area contributed by atoms with Gasteiger partial charge < -0.3 is 5.32 Å². The molecule has 4 aromatic heterocycles. The maximum absolute atomic E-state index is 13.1. The normalized spacial score (nSPS) is 11.4. The Morgan fingerprint density at radius 3 is 2.30 bits per heavy atom. The Balaban J connectivity index is 1.39. The summed E-state index contributed by atoms with van der Waals surface area (Å²) in [6, 6.07) is 10.3. The van der Waals surface area contributed by atoms with Gasteiger partial charge in [0, 0.05) is 11.6 Å². The van der Waals surface area contributed by atoms with Crippen LogP contribution in [-0.2, 0) is 18.0 Å². The van der Waals surface area contributed by atoms with Gasteiger partial charge in [0.15, 0.2) is 5.65 Å². The monoisotopic (exact) mass is 560 g/mol. The second kappa shape index (κ2) is 9.59. The molecule has 0 atom stereocenters. The van der Waals surface area contributed by atoms with Gasteiger partial charge in [-0.25, -0.2) is 19.0 Å². The van der Waals surface area contributed by atoms with Crippen molar-refractivity contribution in [2.24, 2.45) is 0 Å². The fourth-order valence-corrected chi connectivity index (χ4v) is 5.00. The van der Waals surface area contributed by atoms with Gasteiger partial charge >= 0.3 is 0 Å². The molecule has 0 spiro atoms. The Hall–Kier alpha value is -3.79. The number of benzene rings is 1. The van der Waals surface area contributed by atoms with Crippen molar-refractivity contribution in [3.8, 4) is 11.1 Å². The van der Waals surface area contributed by atoms with E-state index in [0.29, 0.717) is 18.0 Å². The fraction of sp³-hybridized carbons (Fsp3) is 0.296. The van der Waals surface area contributed by atoms with Crippen molar-refractivity contribution in [1.29, 1.82) is 0 Å². The van der Waals surface area contributed by atoms with Crippen molar-refractivity contribution in [2.75, 3.05) is 5.32 Å². The number of carbonyl (C=O) groups excluding carboxylic acids is 1. The first-order valence-corrected chi connectivity index (χ1v) is 12.9. The van der Waals surface area contributed by atoms with Crippen molar-refractivity contribution < 1.29 is 4.79 Å². The number of carbonyl (C=O) groups is 1. The van der Waals surface area contributed by atoms with Crippen molar-refractivity contribution in [1.82, 2.24) is 34.3 Å². The van der Waals surface area contributed by atoms with Gasteiger partial charge in [0.2, 0.25) is 5.91 Å². The topological polar surface area (TPSA) is 95.5 Å². The Bertz CT molecular complexity index is 1660. The Morgan fingerprint density at radius 2 is 1.59 bits per heavy atom. The summed E-state index contributed by atoms with van der Waals surface area (Å²) >= 11 is 3.57. The maximum atomic E-state index is 13.1. The van der Waals surface area contributed by atoms with Crippen LogP contribution in [0.15, 0.2) is 41.0 Å². The van der Waals surface area contributed by atoms with Crippen molar-refractivity contribution in [3.63, 3.8) is 0 Å². The van der Waals surface area contributed by atoms with Crippen LogP contribution in [0.25, 0.3) is 22.2 Å². The zero-order valence-corrected chi connectivity index (χ0v) is 23.4. The van der Waals surface area contributed by atoms with E-state index in [-0.39, 0.29) is 12.5 Å². The third kappa shape index (κ3) is 4.57. The highest BCUT2D eigenvalue weighted by molar-refractivity contribution is 9.10. The highest BCUT2D eigenvalue weighted by Gasteiger charge is 2.19. The molecule has 5 aromatic rings. The predicted octanol–water partition coefficient (Wildman–Crippen LogP) is 5.25. The number of hydrogen-bond acceptors (Lipinski definition) is 5. The third-order valence-electron chi connectivity index (χ3n) is 6.64. The molecule has 0 aliphatic heterocycles. The summed E-state index contributed by atoms with van der Waals surface area (Å²) in [4.78, 5) is 17.7. The van der Waals surface area contributed by atoms with Gasteiger partial charge in [-0.1, -0.05) is 29.8 Å². The number of aryl methyl sites for hydroxylation is 4. The minimum absolute atomic E-state index is 0.0447. The number of nitrogens with zero attached hydrogens (tertiary/aromatic N) is 7. The summed E-state index contributed by atoms with van der Waals surface area (Å²) in [5.74, 6) is -0.188. The van der Waals surface area contributed by atoms with E-state index in [1.54, 1.807) is 10.9 Å². The van der Waals surface area contributed by atoms with Crippen LogP contribution in [0.2, 0.25) is 0 Å². The first-order chi connectivity index (χ1) is 17.6. The molecule has 1 N–H and O–H groups in total. The lowest BCUT2D eigenvalue weighted by molar-refractivity contribution is -0.116. The number of amides is 1. The molecule has 0 saturated heterocycles. The van der Waals surface area contributed by atoms with Crippen LogP contribution in [0.5, 0.6) is 0 Å². The Morgan fingerprint density at radius 1 is 0.892 bits per heavy atom. The van der Waals surface area contributed by atoms with E-state index in [1.807, 2.05) is 56.1 Å². The fourth-order valence-electron chi connectivity index (χ4n) is 4.72. The second-order valence-electron chi connectivity index (χ2n) is 9.39. The van der Waals surface area contributed by atoms with Gasteiger partial charge in [0.05, 0.1) is 38.6 Å². The summed E-state index contributed by atoms with van der Waals surface area (Å²) in [5.41, 5.74) is 9.12. The van der Waals surface area contributed by atoms with Crippen LogP contribution < -0.4 is 5.32 Å². The zero-order chi connectivity index (χ0) is 26.4. The minimum Gasteiger partial charge on any atom is -0.321 e. The molecule has 9 nitrogen and oxygen atoms in total. The Labute approximate surface area is 223 Å². The van der Waals surface area contributed by atoms with E-state index in [1.165, 1.54) is 5.56 Å². The summed E-state index contributed by atoms with van der Waals surface area (Å²) in [5, 5.41) is 17.9. The summed E-state index contributed by atoms with van der Waals surface area (Å²) in [6.45, 7) is 12.3. The summed E-state index contributed by atoms with van der Waals surface area (Å²) < 4.78 is 6.39. The van der Waals surface area contributed by atoms with Crippen molar-refractivity contribution in [2.45, 2.75) is 54.8 Å². The van der Waals surface area contributed by atoms with Crippen LogP contribution in [0.3, 0.4) is 0 Å². The predicted molar refractivity (Wildman–Crippen MR) is 148 cm³/mol. The quantitative estimate of drug-likeness (QED) is 0.306. The van der Waals surface area contributed by atoms with E-state index < -0.39 is 0 Å². The number of pyridine rings is 1. The molecule has 10 heteroatoms. The molecule has 1 aromatic carbocycles. The zero-order valence-electron chi connectivity index (χ0n) is 21.8. The maximum Gasteiger partial charge on any atom is 0.246 e. The highest BCUT2D eigenvalue weighted by Crippen LogP contribution is 2.30. The third-order valence-corrected chi connectivity index (χ3v) is 7.79. The summed E-state index contributed by atoms with van der Waals surface area (Å²) in [6.07, 6.45) is 1.77. The van der Waals surface area contributed by atoms with Gasteiger partial charge in [-0.15, -0.1) is 0 Å². The van der Waals surface area contributed by atoms with E-state index in [2.05, 4.69) is 66.6 Å². The molecule has 1 amide bonds. The van der Waals surface area contributed by atoms with Gasteiger partial charge in [0.25, 0.3) is 0 Å². The molecule has 0 radical (unpaired) electrons. The highest BCUT2D eigenvalue weighted by atomic mass is 79.9. The number of fused-ring (bicyclic) bond motifs is 1. The van der Waals surface area contributed by atoms with Crippen LogP contribution in [0, 0.1) is 41.5 Å². The number of aromatic nitrogens is 7. The van der Waals surface area contributed by atoms with Gasteiger partial charge in [-0.3, -0.25) is 4.79 Å². The lowest BCUT2D eigenvalue weighted by atomic mass is 10.0. The average Bonchev–Trinajstić information content (AvgIpc) is 3.41. The van der Waals surface area contributed by atoms with Crippen LogP contribution in [0.1, 0.15) is 34.0 Å². The molecule has 5 rings (SSSR count). The van der Waals surface area contributed by atoms with E-state index in [0.717, 1.165) is 49.5 Å². The van der Waals surface area contributed by atoms with Gasteiger partial charge in [-0.05, 0) is 74.7 Å². The largest absolute Gasteiger partial charge is 0.321 e. The number of hydrogen-bond donors (Lipinski definition) is 1. The number of rotatable bonds is 6. The standard InChI is InChI=1S/C27H29BrN8O/c1-15-8-7-9-21(12-15)22-10-11-29-27-24(22)16(2)31-34(27)13-23(37)30-26-18(4)33-36(20(26)6)14-35-19(5)25(28)17(3)32-35/h7-12H,13-14H2,1-6H3,(H,30,37). The van der Waals surface area contributed by atoms with E-state index >= 15 is 0 Å². The van der Waals surface area contributed by atoms with Crippen LogP contribution in [-0.4, -0.2) is 40.2 Å². The molecular weight excluding hydrogens is 532 g/mol. The minimum atomic E-state index is -0.188. The van der Waals surface area contributed by atoms with E-state index in [9.17, 15) is 4.79 Å². The molecule has 0 fully saturated rings. The van der Waals surface area contributed by atoms with Gasteiger partial charge in [0.1, 0.15) is 13.2 Å². The van der Waals surface area contributed by atoms with Crippen molar-refractivity contribution >= 4 is 38.6 Å². The lowest BCUT2D eigenvalue weighted by Gasteiger charge is -2.09. The molecule has 4 heterocycles. The lowest BCUT2D eigenvalue weighted by Crippen LogP contribution is -2.20. The average molecular weight is 561 g/mol. The second-order valence-corrected chi connectivity index (χ2v) is 10.2. The molecule has 0 saturated carbocycles. The molecule has 37 heavy (non-hydrogen) atoms. The number of nitrogens with one attached hydrogen (secondary N) is 1. The van der Waals surface area contributed by atoms with Crippen LogP contribution in [0.4, 0.5) is 5.69 Å². The molecular formula is C27H29BrN8O. The first-order valence-electron chi connectivity index (χ1n) is 12.1. The van der Waals surface area contributed by atoms with E-state index in [4.69, 9.17) is 0 Å². The Kier molecular flexibility index (Phi) is 6.45. The SMILES string of the molecule is Cc1cccc(-c2ccnc3c2c(C)nn3CC(=O)Nc2c(C)nn(Cn3nc(C)c(Br)c3C)c2C)c1. The molecule has 0 unspecified atom stereocenters. The molecule has 190 valence electrons. The number of anilines is 1. The smallest absolute Gasteiger partial charge is 0.246 e. The molecule has 0 aliphatic carbocycles. The molecule has 0 bridgehead atoms. The molecule has 0 aliphatic rings. The van der Waals surface area contributed by atoms with Crippen LogP contribution >= 0.6 is 15.9 Å². The first kappa shape index (κ1) is 24.9. The summed E-state index contributed by atoms with van der Waals surface area (Å²) in [7, 11) is 0.